The summed E-state index contributed by atoms with van der Waals surface area (Å²) >= 11 is 0. The molecule has 36 heavy (non-hydrogen) atoms. The zero-order chi connectivity index (χ0) is 25.1. The zero-order valence-electron chi connectivity index (χ0n) is 19.6. The van der Waals surface area contributed by atoms with Gasteiger partial charge in [-0.3, -0.25) is 24.6 Å². The van der Waals surface area contributed by atoms with Crippen molar-refractivity contribution in [2.45, 2.75) is 12.1 Å². The van der Waals surface area contributed by atoms with Crippen molar-refractivity contribution < 1.29 is 19.5 Å². The highest BCUT2D eigenvalue weighted by Gasteiger charge is 2.60. The Hall–Kier alpha value is -4.23. The van der Waals surface area contributed by atoms with Crippen molar-refractivity contribution in [2.24, 2.45) is 11.8 Å². The van der Waals surface area contributed by atoms with Gasteiger partial charge in [-0.2, -0.15) is 0 Å². The first-order valence-corrected chi connectivity index (χ1v) is 12.0. The van der Waals surface area contributed by atoms with E-state index >= 15 is 0 Å². The Kier molecular flexibility index (Phi) is 6.64. The molecule has 7 nitrogen and oxygen atoms in total. The van der Waals surface area contributed by atoms with E-state index in [1.807, 2.05) is 97.1 Å². The standard InChI is InChI=1S/C29H27N3O4/c33-27-23-24(28(34)32(27)18-17-30-22-9-5-2-6-10-22)26(29(35)36)31-25(23)21-15-13-20(14-16-21)12-11-19-7-3-1-4-8-19/h1-16,23-26,30-31H,17-18H2,(H,35,36). The van der Waals surface area contributed by atoms with E-state index in [-0.39, 0.29) is 12.5 Å². The lowest BCUT2D eigenvalue weighted by atomic mass is 9.86. The maximum Gasteiger partial charge on any atom is 0.321 e. The van der Waals surface area contributed by atoms with Crippen molar-refractivity contribution >= 4 is 35.6 Å². The van der Waals surface area contributed by atoms with Crippen LogP contribution in [0.3, 0.4) is 0 Å². The van der Waals surface area contributed by atoms with Crippen LogP contribution in [0.5, 0.6) is 0 Å². The van der Waals surface area contributed by atoms with Gasteiger partial charge in [-0.05, 0) is 28.8 Å². The summed E-state index contributed by atoms with van der Waals surface area (Å²) in [7, 11) is 0. The monoisotopic (exact) mass is 481 g/mol. The number of aliphatic carboxylic acids is 1. The van der Waals surface area contributed by atoms with E-state index in [2.05, 4.69) is 10.6 Å². The average Bonchev–Trinajstić information content (AvgIpc) is 3.42. The number of hydrogen-bond donors (Lipinski definition) is 3. The quantitative estimate of drug-likeness (QED) is 0.336. The molecule has 182 valence electrons. The highest BCUT2D eigenvalue weighted by Crippen LogP contribution is 2.44. The molecular weight excluding hydrogens is 454 g/mol. The minimum absolute atomic E-state index is 0.182. The molecule has 0 spiro atoms. The lowest BCUT2D eigenvalue weighted by Gasteiger charge is -2.22. The molecule has 7 heteroatoms. The van der Waals surface area contributed by atoms with E-state index in [1.165, 1.54) is 4.90 Å². The van der Waals surface area contributed by atoms with Crippen LogP contribution in [0.2, 0.25) is 0 Å². The van der Waals surface area contributed by atoms with Crippen LogP contribution in [0.1, 0.15) is 22.7 Å². The Morgan fingerprint density at radius 3 is 2.06 bits per heavy atom. The number of hydrogen-bond acceptors (Lipinski definition) is 5. The lowest BCUT2D eigenvalue weighted by molar-refractivity contribution is -0.146. The van der Waals surface area contributed by atoms with Crippen LogP contribution in [0.25, 0.3) is 12.2 Å². The van der Waals surface area contributed by atoms with Gasteiger partial charge in [0.15, 0.2) is 0 Å². The molecule has 4 atom stereocenters. The summed E-state index contributed by atoms with van der Waals surface area (Å²) in [4.78, 5) is 39.7. The number of carbonyl (C=O) groups excluding carboxylic acids is 2. The first-order chi connectivity index (χ1) is 17.5. The van der Waals surface area contributed by atoms with E-state index in [0.717, 1.165) is 22.4 Å². The number of carboxylic acids is 1. The molecule has 0 radical (unpaired) electrons. The smallest absolute Gasteiger partial charge is 0.321 e. The SMILES string of the molecule is O=C(O)C1NC(c2ccc(C=Cc3ccccc3)cc2)C2C(=O)N(CCNc3ccccc3)C(=O)C12. The third-order valence-electron chi connectivity index (χ3n) is 6.83. The number of carbonyl (C=O) groups is 3. The summed E-state index contributed by atoms with van der Waals surface area (Å²) in [5, 5.41) is 16.0. The maximum atomic E-state index is 13.4. The average molecular weight is 482 g/mol. The Bertz CT molecular complexity index is 1270. The number of para-hydroxylation sites is 1. The highest BCUT2D eigenvalue weighted by molar-refractivity contribution is 6.08. The van der Waals surface area contributed by atoms with Crippen molar-refractivity contribution in [2.75, 3.05) is 18.4 Å². The van der Waals surface area contributed by atoms with Crippen LogP contribution >= 0.6 is 0 Å². The van der Waals surface area contributed by atoms with Gasteiger partial charge in [0.25, 0.3) is 0 Å². The van der Waals surface area contributed by atoms with Crippen LogP contribution < -0.4 is 10.6 Å². The number of amides is 2. The van der Waals surface area contributed by atoms with Gasteiger partial charge in [-0.15, -0.1) is 0 Å². The van der Waals surface area contributed by atoms with Gasteiger partial charge in [0.2, 0.25) is 11.8 Å². The molecule has 0 saturated carbocycles. The number of fused-ring (bicyclic) bond motifs is 1. The number of anilines is 1. The predicted octanol–water partition coefficient (Wildman–Crippen LogP) is 3.67. The van der Waals surface area contributed by atoms with Crippen molar-refractivity contribution in [3.05, 3.63) is 102 Å². The normalized spacial score (nSPS) is 23.3. The van der Waals surface area contributed by atoms with Gasteiger partial charge in [0.05, 0.1) is 11.8 Å². The number of imide groups is 1. The van der Waals surface area contributed by atoms with Crippen LogP contribution in [0, 0.1) is 11.8 Å². The summed E-state index contributed by atoms with van der Waals surface area (Å²) in [5.41, 5.74) is 3.75. The number of rotatable bonds is 8. The fraction of sp³-hybridized carbons (Fsp3) is 0.207. The summed E-state index contributed by atoms with van der Waals surface area (Å²) in [5.74, 6) is -3.55. The second-order valence-electron chi connectivity index (χ2n) is 9.04. The molecule has 0 aromatic heterocycles. The van der Waals surface area contributed by atoms with E-state index in [0.29, 0.717) is 6.54 Å². The number of carboxylic acid groups (broad SMARTS) is 1. The van der Waals surface area contributed by atoms with E-state index in [1.54, 1.807) is 0 Å². The van der Waals surface area contributed by atoms with E-state index in [4.69, 9.17) is 0 Å². The van der Waals surface area contributed by atoms with Crippen LogP contribution in [0.4, 0.5) is 5.69 Å². The Morgan fingerprint density at radius 2 is 1.42 bits per heavy atom. The largest absolute Gasteiger partial charge is 0.480 e. The maximum absolute atomic E-state index is 13.4. The predicted molar refractivity (Wildman–Crippen MR) is 138 cm³/mol. The van der Waals surface area contributed by atoms with Crippen molar-refractivity contribution in [3.8, 4) is 0 Å². The first kappa shape index (κ1) is 23.5. The third-order valence-corrected chi connectivity index (χ3v) is 6.83. The highest BCUT2D eigenvalue weighted by atomic mass is 16.4. The molecule has 2 aliphatic rings. The minimum atomic E-state index is -1.12. The molecule has 3 aromatic carbocycles. The fourth-order valence-corrected chi connectivity index (χ4v) is 5.06. The molecule has 2 amide bonds. The first-order valence-electron chi connectivity index (χ1n) is 12.0. The fourth-order valence-electron chi connectivity index (χ4n) is 5.06. The van der Waals surface area contributed by atoms with Gasteiger partial charge in [0.1, 0.15) is 6.04 Å². The van der Waals surface area contributed by atoms with Gasteiger partial charge < -0.3 is 10.4 Å². The second-order valence-corrected chi connectivity index (χ2v) is 9.04. The van der Waals surface area contributed by atoms with Crippen molar-refractivity contribution in [3.63, 3.8) is 0 Å². The Balaban J connectivity index is 1.32. The Labute approximate surface area is 209 Å². The number of likely N-dealkylation sites (tertiary alicyclic amines) is 1. The summed E-state index contributed by atoms with van der Waals surface area (Å²) in [6, 6.07) is 25.5. The molecule has 4 unspecified atom stereocenters. The van der Waals surface area contributed by atoms with E-state index in [9.17, 15) is 19.5 Å². The summed E-state index contributed by atoms with van der Waals surface area (Å²) < 4.78 is 0. The molecule has 2 fully saturated rings. The molecule has 2 aliphatic heterocycles. The van der Waals surface area contributed by atoms with E-state index < -0.39 is 35.8 Å². The number of nitrogens with one attached hydrogen (secondary N) is 2. The van der Waals surface area contributed by atoms with Gasteiger partial charge in [0, 0.05) is 24.8 Å². The number of benzene rings is 3. The zero-order valence-corrected chi connectivity index (χ0v) is 19.6. The van der Waals surface area contributed by atoms with Gasteiger partial charge >= 0.3 is 5.97 Å². The second kappa shape index (κ2) is 10.2. The van der Waals surface area contributed by atoms with Crippen LogP contribution in [-0.2, 0) is 14.4 Å². The third kappa shape index (κ3) is 4.65. The molecule has 5 rings (SSSR count). The molecule has 3 N–H and O–H groups in total. The minimum Gasteiger partial charge on any atom is -0.480 e. The molecule has 0 bridgehead atoms. The van der Waals surface area contributed by atoms with Crippen LogP contribution in [0.15, 0.2) is 84.9 Å². The molecule has 0 aliphatic carbocycles. The van der Waals surface area contributed by atoms with Gasteiger partial charge in [-0.1, -0.05) is 84.9 Å². The molecule has 2 saturated heterocycles. The topological polar surface area (TPSA) is 98.7 Å². The van der Waals surface area contributed by atoms with Crippen molar-refractivity contribution in [1.29, 1.82) is 0 Å². The van der Waals surface area contributed by atoms with Gasteiger partial charge in [-0.25, -0.2) is 0 Å². The molecule has 2 heterocycles. The summed E-state index contributed by atoms with van der Waals surface area (Å²) in [6.07, 6.45) is 4.01. The Morgan fingerprint density at radius 1 is 0.833 bits per heavy atom. The molecule has 3 aromatic rings. The molecular formula is C29H27N3O4. The summed E-state index contributed by atoms with van der Waals surface area (Å²) in [6.45, 7) is 0.570. The lowest BCUT2D eigenvalue weighted by Crippen LogP contribution is -2.44. The van der Waals surface area contributed by atoms with Crippen LogP contribution in [-0.4, -0.2) is 46.9 Å². The van der Waals surface area contributed by atoms with Crippen molar-refractivity contribution in [1.82, 2.24) is 10.2 Å². The number of nitrogens with zero attached hydrogens (tertiary/aromatic N) is 1.